The van der Waals surface area contributed by atoms with Gasteiger partial charge in [0.2, 0.25) is 0 Å². The molecule has 8 heteroatoms. The second kappa shape index (κ2) is 8.22. The fraction of sp³-hybridized carbons (Fsp3) is 0.364. The maximum absolute atomic E-state index is 14.2. The SMILES string of the molecule is CN=CC1=C(N)CN(C)C(=O)c2ccc(F)cc2C2CCCCN2c2cnnc1c2. The van der Waals surface area contributed by atoms with Gasteiger partial charge in [-0.25, -0.2) is 4.39 Å². The zero-order valence-electron chi connectivity index (χ0n) is 17.2. The lowest BCUT2D eigenvalue weighted by Gasteiger charge is -2.39. The molecule has 2 aliphatic heterocycles. The van der Waals surface area contributed by atoms with E-state index in [4.69, 9.17) is 5.73 Å². The normalized spacial score (nSPS) is 20.0. The molecule has 2 N–H and O–H groups in total. The van der Waals surface area contributed by atoms with Crippen LogP contribution in [-0.4, -0.2) is 54.4 Å². The van der Waals surface area contributed by atoms with Crippen molar-refractivity contribution < 1.29 is 9.18 Å². The van der Waals surface area contributed by atoms with Crippen molar-refractivity contribution in [1.82, 2.24) is 15.1 Å². The molecule has 4 rings (SSSR count). The molecule has 30 heavy (non-hydrogen) atoms. The number of anilines is 1. The predicted molar refractivity (Wildman–Crippen MR) is 115 cm³/mol. The van der Waals surface area contributed by atoms with Crippen LogP contribution in [0.1, 0.15) is 46.9 Å². The zero-order chi connectivity index (χ0) is 21.3. The molecule has 2 aliphatic rings. The lowest BCUT2D eigenvalue weighted by atomic mass is 9.90. The number of nitrogens with two attached hydrogens (primary N) is 1. The van der Waals surface area contributed by atoms with Gasteiger partial charge in [0.1, 0.15) is 5.82 Å². The van der Waals surface area contributed by atoms with E-state index in [1.807, 2.05) is 6.07 Å². The highest BCUT2D eigenvalue weighted by molar-refractivity contribution is 6.10. The third-order valence-corrected chi connectivity index (χ3v) is 5.71. The molecule has 0 radical (unpaired) electrons. The number of allylic oxidation sites excluding steroid dienone is 1. The Hall–Kier alpha value is -3.29. The van der Waals surface area contributed by atoms with Crippen LogP contribution in [-0.2, 0) is 0 Å². The van der Waals surface area contributed by atoms with Crippen molar-refractivity contribution in [1.29, 1.82) is 0 Å². The van der Waals surface area contributed by atoms with Gasteiger partial charge in [0.05, 0.1) is 30.2 Å². The fourth-order valence-electron chi connectivity index (χ4n) is 4.27. The molecule has 1 amide bonds. The van der Waals surface area contributed by atoms with Crippen molar-refractivity contribution in [2.45, 2.75) is 25.3 Å². The zero-order valence-corrected chi connectivity index (χ0v) is 17.2. The highest BCUT2D eigenvalue weighted by Crippen LogP contribution is 2.37. The molecule has 2 aromatic rings. The number of hydrogen-bond acceptors (Lipinski definition) is 6. The summed E-state index contributed by atoms with van der Waals surface area (Å²) in [5.74, 6) is -0.544. The van der Waals surface area contributed by atoms with Gasteiger partial charge in [-0.3, -0.25) is 9.79 Å². The van der Waals surface area contributed by atoms with Crippen LogP contribution in [0.4, 0.5) is 10.1 Å². The molecule has 0 saturated carbocycles. The summed E-state index contributed by atoms with van der Waals surface area (Å²) in [6.07, 6.45) is 6.19. The fourth-order valence-corrected chi connectivity index (χ4v) is 4.27. The van der Waals surface area contributed by atoms with Gasteiger partial charge < -0.3 is 15.5 Å². The number of hydrogen-bond donors (Lipinski definition) is 1. The van der Waals surface area contributed by atoms with Crippen LogP contribution in [0.5, 0.6) is 0 Å². The first-order valence-electron chi connectivity index (χ1n) is 10.0. The predicted octanol–water partition coefficient (Wildman–Crippen LogP) is 2.80. The van der Waals surface area contributed by atoms with Gasteiger partial charge in [0, 0.05) is 43.7 Å². The molecule has 1 atom stereocenters. The first kappa shape index (κ1) is 20.0. The lowest BCUT2D eigenvalue weighted by molar-refractivity contribution is 0.0804. The van der Waals surface area contributed by atoms with Gasteiger partial charge in [-0.2, -0.15) is 10.2 Å². The number of fused-ring (bicyclic) bond motifs is 6. The van der Waals surface area contributed by atoms with Crippen LogP contribution >= 0.6 is 0 Å². The van der Waals surface area contributed by atoms with Crippen molar-refractivity contribution in [3.05, 3.63) is 58.8 Å². The number of nitrogens with zero attached hydrogens (tertiary/aromatic N) is 5. The average molecular weight is 408 g/mol. The summed E-state index contributed by atoms with van der Waals surface area (Å²) in [5, 5.41) is 8.46. The van der Waals surface area contributed by atoms with E-state index in [9.17, 15) is 9.18 Å². The van der Waals surface area contributed by atoms with E-state index in [1.165, 1.54) is 12.1 Å². The minimum absolute atomic E-state index is 0.122. The van der Waals surface area contributed by atoms with Gasteiger partial charge in [0.25, 0.3) is 5.91 Å². The topological polar surface area (TPSA) is 87.7 Å². The molecule has 0 spiro atoms. The third-order valence-electron chi connectivity index (χ3n) is 5.71. The number of aliphatic imine (C=N–C) groups is 1. The van der Waals surface area contributed by atoms with E-state index >= 15 is 0 Å². The molecule has 1 saturated heterocycles. The van der Waals surface area contributed by atoms with Crippen LogP contribution in [0.2, 0.25) is 0 Å². The quantitative estimate of drug-likeness (QED) is 0.733. The molecule has 1 aromatic carbocycles. The maximum atomic E-state index is 14.2. The lowest BCUT2D eigenvalue weighted by Crippen LogP contribution is -2.37. The standard InChI is InChI=1S/C22H25FN6O/c1-25-12-18-19(24)13-28(2)22(30)16-7-6-14(23)9-17(16)21-5-3-4-8-29(21)15-10-20(18)27-26-11-15/h6-7,9-12,21H,3-5,8,13,24H2,1-2H3. The van der Waals surface area contributed by atoms with E-state index < -0.39 is 0 Å². The number of piperidine rings is 1. The van der Waals surface area contributed by atoms with Crippen molar-refractivity contribution in [3.8, 4) is 0 Å². The Kier molecular flexibility index (Phi) is 5.48. The molecule has 1 unspecified atom stereocenters. The Morgan fingerprint density at radius 2 is 2.13 bits per heavy atom. The molecule has 156 valence electrons. The third kappa shape index (κ3) is 3.65. The molecular weight excluding hydrogens is 383 g/mol. The van der Waals surface area contributed by atoms with Crippen LogP contribution < -0.4 is 10.6 Å². The van der Waals surface area contributed by atoms with Gasteiger partial charge in [-0.15, -0.1) is 0 Å². The van der Waals surface area contributed by atoms with E-state index in [-0.39, 0.29) is 24.3 Å². The van der Waals surface area contributed by atoms with E-state index in [0.717, 1.165) is 31.5 Å². The Bertz CT molecular complexity index is 1030. The van der Waals surface area contributed by atoms with Gasteiger partial charge in [-0.1, -0.05) is 0 Å². The summed E-state index contributed by atoms with van der Waals surface area (Å²) in [4.78, 5) is 21.1. The molecule has 7 nitrogen and oxygen atoms in total. The van der Waals surface area contributed by atoms with Crippen LogP contribution in [0.15, 0.2) is 41.2 Å². The van der Waals surface area contributed by atoms with E-state index in [2.05, 4.69) is 20.1 Å². The summed E-state index contributed by atoms with van der Waals surface area (Å²) in [7, 11) is 3.35. The minimum atomic E-state index is -0.351. The molecule has 0 aliphatic carbocycles. The number of aromatic nitrogens is 2. The van der Waals surface area contributed by atoms with Crippen LogP contribution in [0, 0.1) is 5.82 Å². The summed E-state index contributed by atoms with van der Waals surface area (Å²) >= 11 is 0. The number of amides is 1. The molecule has 1 aromatic heterocycles. The second-order valence-electron chi connectivity index (χ2n) is 7.72. The Morgan fingerprint density at radius 1 is 1.30 bits per heavy atom. The Labute approximate surface area is 175 Å². The summed E-state index contributed by atoms with van der Waals surface area (Å²) in [5.41, 5.74) is 10.1. The van der Waals surface area contributed by atoms with Crippen molar-refractivity contribution in [3.63, 3.8) is 0 Å². The highest BCUT2D eigenvalue weighted by atomic mass is 19.1. The van der Waals surface area contributed by atoms with Gasteiger partial charge in [0.15, 0.2) is 0 Å². The maximum Gasteiger partial charge on any atom is 0.254 e. The average Bonchev–Trinajstić information content (AvgIpc) is 2.76. The molecule has 2 bridgehead atoms. The number of likely N-dealkylation sites (N-methyl/N-ethyl adjacent to an activating group) is 1. The summed E-state index contributed by atoms with van der Waals surface area (Å²) in [6.45, 7) is 0.976. The van der Waals surface area contributed by atoms with Crippen LogP contribution in [0.25, 0.3) is 5.57 Å². The first-order chi connectivity index (χ1) is 14.5. The number of carbonyl (C=O) groups is 1. The van der Waals surface area contributed by atoms with Crippen molar-refractivity contribution >= 4 is 23.4 Å². The van der Waals surface area contributed by atoms with E-state index in [1.54, 1.807) is 37.5 Å². The van der Waals surface area contributed by atoms with E-state index in [0.29, 0.717) is 28.1 Å². The smallest absolute Gasteiger partial charge is 0.254 e. The Morgan fingerprint density at radius 3 is 2.93 bits per heavy atom. The minimum Gasteiger partial charge on any atom is -0.400 e. The summed E-state index contributed by atoms with van der Waals surface area (Å²) in [6, 6.07) is 6.22. The molecular formula is C22H25FN6O. The van der Waals surface area contributed by atoms with Gasteiger partial charge in [-0.05, 0) is 49.1 Å². The first-order valence-corrected chi connectivity index (χ1v) is 10.0. The second-order valence-corrected chi connectivity index (χ2v) is 7.72. The number of carbonyl (C=O) groups excluding carboxylic acids is 1. The number of benzene rings is 1. The molecule has 1 fully saturated rings. The summed E-state index contributed by atoms with van der Waals surface area (Å²) < 4.78 is 14.2. The van der Waals surface area contributed by atoms with Gasteiger partial charge >= 0.3 is 0 Å². The monoisotopic (exact) mass is 408 g/mol. The highest BCUT2D eigenvalue weighted by Gasteiger charge is 2.30. The van der Waals surface area contributed by atoms with Crippen molar-refractivity contribution in [2.24, 2.45) is 10.7 Å². The number of halogens is 1. The van der Waals surface area contributed by atoms with Crippen molar-refractivity contribution in [2.75, 3.05) is 32.1 Å². The Balaban J connectivity index is 1.96. The largest absolute Gasteiger partial charge is 0.400 e. The molecule has 3 heterocycles. The number of rotatable bonds is 1. The van der Waals surface area contributed by atoms with Crippen LogP contribution in [0.3, 0.4) is 0 Å².